The van der Waals surface area contributed by atoms with Crippen molar-refractivity contribution in [3.63, 3.8) is 0 Å². The van der Waals surface area contributed by atoms with Gasteiger partial charge in [-0.15, -0.1) is 0 Å². The standard InChI is InChI=1S/C20H16ClNO/c1-14-18(21)10-5-11-19(14)22-20(23)13-12-16-8-4-7-15-6-2-3-9-17(15)16/h2-13H,1H3,(H,22,23). The molecule has 114 valence electrons. The van der Waals surface area contributed by atoms with Crippen LogP contribution in [0.25, 0.3) is 16.8 Å². The van der Waals surface area contributed by atoms with Gasteiger partial charge in [-0.3, -0.25) is 4.79 Å². The highest BCUT2D eigenvalue weighted by Gasteiger charge is 2.04. The van der Waals surface area contributed by atoms with E-state index in [1.165, 1.54) is 0 Å². The average molecular weight is 322 g/mol. The molecule has 0 spiro atoms. The van der Waals surface area contributed by atoms with Crippen LogP contribution < -0.4 is 5.32 Å². The second-order valence-corrected chi connectivity index (χ2v) is 5.71. The summed E-state index contributed by atoms with van der Waals surface area (Å²) in [6, 6.07) is 19.6. The zero-order valence-corrected chi connectivity index (χ0v) is 13.5. The van der Waals surface area contributed by atoms with Gasteiger partial charge in [-0.1, -0.05) is 60.1 Å². The van der Waals surface area contributed by atoms with Gasteiger partial charge >= 0.3 is 0 Å². The second kappa shape index (κ2) is 6.67. The smallest absolute Gasteiger partial charge is 0.248 e. The molecule has 1 N–H and O–H groups in total. The van der Waals surface area contributed by atoms with Crippen LogP contribution in [-0.4, -0.2) is 5.91 Å². The molecule has 0 saturated carbocycles. The van der Waals surface area contributed by atoms with Crippen LogP contribution in [0.4, 0.5) is 5.69 Å². The van der Waals surface area contributed by atoms with Crippen molar-refractivity contribution in [3.05, 3.63) is 82.9 Å². The molecule has 3 rings (SSSR count). The molecule has 2 nitrogen and oxygen atoms in total. The van der Waals surface area contributed by atoms with Crippen molar-refractivity contribution in [1.82, 2.24) is 0 Å². The average Bonchev–Trinajstić information content (AvgIpc) is 2.57. The molecule has 0 aliphatic carbocycles. The van der Waals surface area contributed by atoms with Crippen LogP contribution in [-0.2, 0) is 4.79 Å². The van der Waals surface area contributed by atoms with Gasteiger partial charge < -0.3 is 5.32 Å². The lowest BCUT2D eigenvalue weighted by molar-refractivity contribution is -0.111. The Hall–Kier alpha value is -2.58. The van der Waals surface area contributed by atoms with Crippen molar-refractivity contribution in [2.75, 3.05) is 5.32 Å². The highest BCUT2D eigenvalue weighted by Crippen LogP contribution is 2.23. The highest BCUT2D eigenvalue weighted by atomic mass is 35.5. The number of fused-ring (bicyclic) bond motifs is 1. The Kier molecular flexibility index (Phi) is 4.45. The SMILES string of the molecule is Cc1c(Cl)cccc1NC(=O)C=Cc1cccc2ccccc12. The van der Waals surface area contributed by atoms with Crippen LogP contribution in [0, 0.1) is 6.92 Å². The summed E-state index contributed by atoms with van der Waals surface area (Å²) in [6.45, 7) is 1.88. The molecule has 0 unspecified atom stereocenters. The Bertz CT molecular complexity index is 894. The lowest BCUT2D eigenvalue weighted by atomic mass is 10.0. The Morgan fingerprint density at radius 2 is 1.74 bits per heavy atom. The summed E-state index contributed by atoms with van der Waals surface area (Å²) >= 11 is 6.07. The number of halogens is 1. The Balaban J connectivity index is 1.82. The number of carbonyl (C=O) groups excluding carboxylic acids is 1. The molecule has 0 aromatic heterocycles. The lowest BCUT2D eigenvalue weighted by Gasteiger charge is -2.07. The monoisotopic (exact) mass is 321 g/mol. The van der Waals surface area contributed by atoms with Crippen molar-refractivity contribution >= 4 is 40.0 Å². The fourth-order valence-electron chi connectivity index (χ4n) is 2.48. The van der Waals surface area contributed by atoms with Gasteiger partial charge in [-0.25, -0.2) is 0 Å². The Labute approximate surface area is 140 Å². The maximum atomic E-state index is 12.1. The van der Waals surface area contributed by atoms with Crippen molar-refractivity contribution in [3.8, 4) is 0 Å². The molecule has 0 fully saturated rings. The fraction of sp³-hybridized carbons (Fsp3) is 0.0500. The van der Waals surface area contributed by atoms with E-state index in [9.17, 15) is 4.79 Å². The predicted octanol–water partition coefficient (Wildman–Crippen LogP) is 5.45. The van der Waals surface area contributed by atoms with E-state index in [4.69, 9.17) is 11.6 Å². The second-order valence-electron chi connectivity index (χ2n) is 5.30. The van der Waals surface area contributed by atoms with Crippen molar-refractivity contribution in [2.24, 2.45) is 0 Å². The first kappa shape index (κ1) is 15.3. The molecular formula is C20H16ClNO. The minimum Gasteiger partial charge on any atom is -0.322 e. The first-order valence-corrected chi connectivity index (χ1v) is 7.75. The fourth-order valence-corrected chi connectivity index (χ4v) is 2.65. The number of carbonyl (C=O) groups is 1. The Morgan fingerprint density at radius 1 is 1.00 bits per heavy atom. The molecule has 23 heavy (non-hydrogen) atoms. The number of rotatable bonds is 3. The normalized spacial score (nSPS) is 11.0. The molecule has 1 amide bonds. The summed E-state index contributed by atoms with van der Waals surface area (Å²) in [4.78, 5) is 12.1. The van der Waals surface area contributed by atoms with E-state index in [1.807, 2.05) is 55.5 Å². The topological polar surface area (TPSA) is 29.1 Å². The van der Waals surface area contributed by atoms with Crippen molar-refractivity contribution in [1.29, 1.82) is 0 Å². The Morgan fingerprint density at radius 3 is 2.61 bits per heavy atom. The summed E-state index contributed by atoms with van der Waals surface area (Å²) in [5.74, 6) is -0.177. The molecule has 3 aromatic carbocycles. The van der Waals surface area contributed by atoms with Gasteiger partial charge in [0.15, 0.2) is 0 Å². The van der Waals surface area contributed by atoms with Gasteiger partial charge in [0.1, 0.15) is 0 Å². The van der Waals surface area contributed by atoms with E-state index >= 15 is 0 Å². The molecule has 0 saturated heterocycles. The molecule has 0 radical (unpaired) electrons. The lowest BCUT2D eigenvalue weighted by Crippen LogP contribution is -2.08. The zero-order chi connectivity index (χ0) is 16.2. The molecule has 0 bridgehead atoms. The van der Waals surface area contributed by atoms with E-state index in [1.54, 1.807) is 12.1 Å². The van der Waals surface area contributed by atoms with Gasteiger partial charge in [-0.2, -0.15) is 0 Å². The van der Waals surface area contributed by atoms with Crippen LogP contribution in [0.5, 0.6) is 0 Å². The zero-order valence-electron chi connectivity index (χ0n) is 12.7. The third-order valence-corrected chi connectivity index (χ3v) is 4.17. The van der Waals surface area contributed by atoms with E-state index in [0.717, 1.165) is 27.6 Å². The third-order valence-electron chi connectivity index (χ3n) is 3.76. The quantitative estimate of drug-likeness (QED) is 0.638. The van der Waals surface area contributed by atoms with Crippen LogP contribution >= 0.6 is 11.6 Å². The molecule has 0 aliphatic heterocycles. The molecular weight excluding hydrogens is 306 g/mol. The number of anilines is 1. The van der Waals surface area contributed by atoms with Crippen LogP contribution in [0.15, 0.2) is 66.7 Å². The van der Waals surface area contributed by atoms with E-state index in [0.29, 0.717) is 5.02 Å². The number of hydrogen-bond donors (Lipinski definition) is 1. The van der Waals surface area contributed by atoms with E-state index < -0.39 is 0 Å². The van der Waals surface area contributed by atoms with Gasteiger partial charge in [-0.05, 0) is 47.0 Å². The first-order valence-electron chi connectivity index (χ1n) is 7.37. The molecule has 0 heterocycles. The van der Waals surface area contributed by atoms with Crippen LogP contribution in [0.1, 0.15) is 11.1 Å². The molecule has 0 aliphatic rings. The number of hydrogen-bond acceptors (Lipinski definition) is 1. The maximum absolute atomic E-state index is 12.1. The van der Waals surface area contributed by atoms with Gasteiger partial charge in [0.2, 0.25) is 5.91 Å². The largest absolute Gasteiger partial charge is 0.322 e. The summed E-state index contributed by atoms with van der Waals surface area (Å²) in [5, 5.41) is 5.78. The minimum atomic E-state index is -0.177. The number of amides is 1. The van der Waals surface area contributed by atoms with Crippen molar-refractivity contribution < 1.29 is 4.79 Å². The number of nitrogens with one attached hydrogen (secondary N) is 1. The van der Waals surface area contributed by atoms with Crippen LogP contribution in [0.2, 0.25) is 5.02 Å². The molecule has 0 atom stereocenters. The summed E-state index contributed by atoms with van der Waals surface area (Å²) in [5.41, 5.74) is 2.60. The first-order chi connectivity index (χ1) is 11.1. The van der Waals surface area contributed by atoms with Gasteiger partial charge in [0, 0.05) is 16.8 Å². The van der Waals surface area contributed by atoms with Crippen LogP contribution in [0.3, 0.4) is 0 Å². The highest BCUT2D eigenvalue weighted by molar-refractivity contribution is 6.31. The van der Waals surface area contributed by atoms with E-state index in [2.05, 4.69) is 17.4 Å². The molecule has 3 aromatic rings. The van der Waals surface area contributed by atoms with Gasteiger partial charge in [0.05, 0.1) is 0 Å². The summed E-state index contributed by atoms with van der Waals surface area (Å²) < 4.78 is 0. The molecule has 3 heteroatoms. The van der Waals surface area contributed by atoms with E-state index in [-0.39, 0.29) is 5.91 Å². The predicted molar refractivity (Wildman–Crippen MR) is 97.8 cm³/mol. The minimum absolute atomic E-state index is 0.177. The third kappa shape index (κ3) is 3.43. The number of benzene rings is 3. The summed E-state index contributed by atoms with van der Waals surface area (Å²) in [7, 11) is 0. The maximum Gasteiger partial charge on any atom is 0.248 e. The van der Waals surface area contributed by atoms with Crippen molar-refractivity contribution in [2.45, 2.75) is 6.92 Å². The van der Waals surface area contributed by atoms with Gasteiger partial charge in [0.25, 0.3) is 0 Å². The summed E-state index contributed by atoms with van der Waals surface area (Å²) in [6.07, 6.45) is 3.37.